The Balaban J connectivity index is 1.66. The first-order valence-corrected chi connectivity index (χ1v) is 7.24. The van der Waals surface area contributed by atoms with Crippen molar-refractivity contribution in [3.05, 3.63) is 18.0 Å². The zero-order valence-corrected chi connectivity index (χ0v) is 12.7. The zero-order valence-electron chi connectivity index (χ0n) is 12.7. The molecular formula is C14H25N5O. The summed E-state index contributed by atoms with van der Waals surface area (Å²) in [4.78, 5) is 15.4. The highest BCUT2D eigenvalue weighted by atomic mass is 16.2. The summed E-state index contributed by atoms with van der Waals surface area (Å²) in [5.41, 5.74) is 1.13. The van der Waals surface area contributed by atoms with E-state index in [0.29, 0.717) is 6.04 Å². The number of hydrogen-bond donors (Lipinski definition) is 1. The van der Waals surface area contributed by atoms with Gasteiger partial charge in [-0.2, -0.15) is 5.10 Å². The van der Waals surface area contributed by atoms with Crippen LogP contribution in [0.2, 0.25) is 0 Å². The summed E-state index contributed by atoms with van der Waals surface area (Å²) in [5.74, 6) is 0. The molecule has 0 radical (unpaired) electrons. The smallest absolute Gasteiger partial charge is 0.319 e. The minimum atomic E-state index is 0.122. The summed E-state index contributed by atoms with van der Waals surface area (Å²) in [6.45, 7) is 2.64. The largest absolute Gasteiger partial charge is 0.331 e. The molecule has 0 saturated carbocycles. The van der Waals surface area contributed by atoms with E-state index in [-0.39, 0.29) is 6.03 Å². The van der Waals surface area contributed by atoms with E-state index in [1.807, 2.05) is 22.8 Å². The molecule has 0 aromatic carbocycles. The molecule has 0 aliphatic carbocycles. The maximum absolute atomic E-state index is 11.8. The Kier molecular flexibility index (Phi) is 5.00. The molecule has 1 aromatic rings. The first-order chi connectivity index (χ1) is 9.56. The van der Waals surface area contributed by atoms with Crippen molar-refractivity contribution in [1.82, 2.24) is 24.9 Å². The molecule has 1 saturated heterocycles. The molecule has 112 valence electrons. The number of nitrogens with zero attached hydrogens (tertiary/aromatic N) is 4. The van der Waals surface area contributed by atoms with Crippen molar-refractivity contribution in [2.45, 2.75) is 25.3 Å². The third kappa shape index (κ3) is 3.96. The van der Waals surface area contributed by atoms with Crippen molar-refractivity contribution in [3.63, 3.8) is 0 Å². The van der Waals surface area contributed by atoms with Crippen LogP contribution in [-0.2, 0) is 13.5 Å². The fraction of sp³-hybridized carbons (Fsp3) is 0.714. The predicted octanol–water partition coefficient (Wildman–Crippen LogP) is 0.698. The number of carbonyl (C=O) groups excluding carboxylic acids is 1. The molecule has 0 bridgehead atoms. The van der Waals surface area contributed by atoms with Crippen LogP contribution in [0.3, 0.4) is 0 Å². The molecule has 1 fully saturated rings. The normalized spacial score (nSPS) is 16.4. The van der Waals surface area contributed by atoms with E-state index in [4.69, 9.17) is 0 Å². The standard InChI is InChI=1S/C14H25N5O/c1-17(2)14(20)19-10-6-12(7-11-19)15-8-4-13-5-9-18(3)16-13/h5,9,12,15H,4,6-8,10-11H2,1-3H3. The molecule has 2 amide bonds. The van der Waals surface area contributed by atoms with E-state index in [1.165, 1.54) is 0 Å². The van der Waals surface area contributed by atoms with E-state index in [9.17, 15) is 4.79 Å². The average molecular weight is 279 g/mol. The van der Waals surface area contributed by atoms with E-state index < -0.39 is 0 Å². The minimum Gasteiger partial charge on any atom is -0.331 e. The quantitative estimate of drug-likeness (QED) is 0.882. The second-order valence-electron chi connectivity index (χ2n) is 5.62. The molecular weight excluding hydrogens is 254 g/mol. The van der Waals surface area contributed by atoms with Crippen LogP contribution in [0.1, 0.15) is 18.5 Å². The maximum Gasteiger partial charge on any atom is 0.319 e. The summed E-state index contributed by atoms with van der Waals surface area (Å²) in [6, 6.07) is 2.70. The second-order valence-corrected chi connectivity index (χ2v) is 5.62. The molecule has 6 nitrogen and oxygen atoms in total. The lowest BCUT2D eigenvalue weighted by Crippen LogP contribution is -2.48. The van der Waals surface area contributed by atoms with Crippen LogP contribution in [0.4, 0.5) is 4.79 Å². The molecule has 0 atom stereocenters. The SMILES string of the molecule is CN(C)C(=O)N1CCC(NCCc2ccn(C)n2)CC1. The highest BCUT2D eigenvalue weighted by molar-refractivity contribution is 5.73. The van der Waals surface area contributed by atoms with Gasteiger partial charge in [-0.3, -0.25) is 4.68 Å². The van der Waals surface area contributed by atoms with Gasteiger partial charge in [0.2, 0.25) is 0 Å². The van der Waals surface area contributed by atoms with Crippen LogP contribution in [0.25, 0.3) is 0 Å². The number of hydrogen-bond acceptors (Lipinski definition) is 3. The van der Waals surface area contributed by atoms with Crippen molar-refractivity contribution in [1.29, 1.82) is 0 Å². The number of carbonyl (C=O) groups is 1. The van der Waals surface area contributed by atoms with Crippen LogP contribution in [0, 0.1) is 0 Å². The Bertz CT molecular complexity index is 435. The van der Waals surface area contributed by atoms with Gasteiger partial charge >= 0.3 is 6.03 Å². The summed E-state index contributed by atoms with van der Waals surface area (Å²) in [5, 5.41) is 7.93. The van der Waals surface area contributed by atoms with E-state index in [1.54, 1.807) is 19.0 Å². The van der Waals surface area contributed by atoms with Gasteiger partial charge in [0.05, 0.1) is 5.69 Å². The van der Waals surface area contributed by atoms with Crippen molar-refractivity contribution in [2.75, 3.05) is 33.7 Å². The summed E-state index contributed by atoms with van der Waals surface area (Å²) < 4.78 is 1.83. The van der Waals surface area contributed by atoms with Gasteiger partial charge in [0.15, 0.2) is 0 Å². The van der Waals surface area contributed by atoms with Gasteiger partial charge in [0.25, 0.3) is 0 Å². The van der Waals surface area contributed by atoms with Crippen LogP contribution < -0.4 is 5.32 Å². The van der Waals surface area contributed by atoms with Gasteiger partial charge in [-0.15, -0.1) is 0 Å². The fourth-order valence-electron chi connectivity index (χ4n) is 2.56. The van der Waals surface area contributed by atoms with Crippen LogP contribution in [0.15, 0.2) is 12.3 Å². The lowest BCUT2D eigenvalue weighted by molar-refractivity contribution is 0.152. The number of amides is 2. The number of aryl methyl sites for hydroxylation is 1. The Morgan fingerprint density at radius 2 is 2.15 bits per heavy atom. The van der Waals surface area contributed by atoms with Crippen LogP contribution in [-0.4, -0.2) is 65.4 Å². The van der Waals surface area contributed by atoms with Crippen molar-refractivity contribution in [2.24, 2.45) is 7.05 Å². The molecule has 1 aliphatic rings. The van der Waals surface area contributed by atoms with Gasteiger partial charge < -0.3 is 15.1 Å². The topological polar surface area (TPSA) is 53.4 Å². The molecule has 1 N–H and O–H groups in total. The molecule has 6 heteroatoms. The first-order valence-electron chi connectivity index (χ1n) is 7.24. The number of rotatable bonds is 4. The third-order valence-corrected chi connectivity index (χ3v) is 3.73. The minimum absolute atomic E-state index is 0.122. The lowest BCUT2D eigenvalue weighted by Gasteiger charge is -2.34. The van der Waals surface area contributed by atoms with Crippen LogP contribution >= 0.6 is 0 Å². The van der Waals surface area contributed by atoms with Crippen molar-refractivity contribution < 1.29 is 4.79 Å². The van der Waals surface area contributed by atoms with Gasteiger partial charge in [-0.1, -0.05) is 0 Å². The highest BCUT2D eigenvalue weighted by Gasteiger charge is 2.23. The van der Waals surface area contributed by atoms with Crippen LogP contribution in [0.5, 0.6) is 0 Å². The van der Waals surface area contributed by atoms with Gasteiger partial charge in [0.1, 0.15) is 0 Å². The summed E-state index contributed by atoms with van der Waals surface area (Å²) in [7, 11) is 5.55. The van der Waals surface area contributed by atoms with Gasteiger partial charge in [0, 0.05) is 59.4 Å². The molecule has 2 heterocycles. The number of aromatic nitrogens is 2. The van der Waals surface area contributed by atoms with Crippen molar-refractivity contribution in [3.8, 4) is 0 Å². The van der Waals surface area contributed by atoms with Gasteiger partial charge in [-0.25, -0.2) is 4.79 Å². The molecule has 0 spiro atoms. The summed E-state index contributed by atoms with van der Waals surface area (Å²) >= 11 is 0. The number of urea groups is 1. The second kappa shape index (κ2) is 6.74. The van der Waals surface area contributed by atoms with E-state index >= 15 is 0 Å². The Labute approximate surface area is 120 Å². The highest BCUT2D eigenvalue weighted by Crippen LogP contribution is 2.11. The number of nitrogens with one attached hydrogen (secondary N) is 1. The Morgan fingerprint density at radius 1 is 1.45 bits per heavy atom. The zero-order chi connectivity index (χ0) is 14.5. The first kappa shape index (κ1) is 14.8. The molecule has 0 unspecified atom stereocenters. The average Bonchev–Trinajstić information content (AvgIpc) is 2.84. The fourth-order valence-corrected chi connectivity index (χ4v) is 2.56. The summed E-state index contributed by atoms with van der Waals surface area (Å²) in [6.07, 6.45) is 4.99. The number of likely N-dealkylation sites (tertiary alicyclic amines) is 1. The lowest BCUT2D eigenvalue weighted by atomic mass is 10.1. The number of piperidine rings is 1. The third-order valence-electron chi connectivity index (χ3n) is 3.73. The Morgan fingerprint density at radius 3 is 2.70 bits per heavy atom. The molecule has 20 heavy (non-hydrogen) atoms. The Hall–Kier alpha value is -1.56. The monoisotopic (exact) mass is 279 g/mol. The molecule has 1 aliphatic heterocycles. The maximum atomic E-state index is 11.8. The van der Waals surface area contributed by atoms with Crippen molar-refractivity contribution >= 4 is 6.03 Å². The predicted molar refractivity (Wildman–Crippen MR) is 78.6 cm³/mol. The molecule has 1 aromatic heterocycles. The van der Waals surface area contributed by atoms with E-state index in [0.717, 1.165) is 44.6 Å². The van der Waals surface area contributed by atoms with E-state index in [2.05, 4.69) is 16.5 Å². The molecule has 2 rings (SSSR count). The van der Waals surface area contributed by atoms with Gasteiger partial charge in [-0.05, 0) is 18.9 Å².